The summed E-state index contributed by atoms with van der Waals surface area (Å²) in [6, 6.07) is 50.2. The van der Waals surface area contributed by atoms with E-state index in [1.165, 1.54) is 0 Å². The molecule has 0 N–H and O–H groups in total. The summed E-state index contributed by atoms with van der Waals surface area (Å²) < 4.78 is 12.7. The van der Waals surface area contributed by atoms with Crippen LogP contribution < -0.4 is 9.64 Å². The number of fused-ring (bicyclic) bond motifs is 4. The average Bonchev–Trinajstić information content (AvgIpc) is 3.48. The third-order valence-corrected chi connectivity index (χ3v) is 8.26. The Morgan fingerprint density at radius 2 is 1.13 bits per heavy atom. The monoisotopic (exact) mass is 579 g/mol. The number of nitrogens with zero attached hydrogens (tertiary/aromatic N) is 1. The molecule has 214 valence electrons. The zero-order valence-corrected chi connectivity index (χ0v) is 24.6. The highest BCUT2D eigenvalue weighted by Crippen LogP contribution is 2.39. The minimum absolute atomic E-state index is 0.785. The lowest BCUT2D eigenvalue weighted by molar-refractivity contribution is 0.513. The Morgan fingerprint density at radius 1 is 0.511 bits per heavy atom. The zero-order valence-electron chi connectivity index (χ0n) is 24.6. The Morgan fingerprint density at radius 3 is 1.93 bits per heavy atom. The van der Waals surface area contributed by atoms with Crippen LogP contribution in [0.1, 0.15) is 11.1 Å². The van der Waals surface area contributed by atoms with Crippen molar-refractivity contribution in [2.24, 2.45) is 0 Å². The fraction of sp³-hybridized carbons (Fsp3) is 0. The van der Waals surface area contributed by atoms with Gasteiger partial charge >= 0.3 is 0 Å². The van der Waals surface area contributed by atoms with Crippen LogP contribution in [0.5, 0.6) is 5.75 Å². The quantitative estimate of drug-likeness (QED) is 0.203. The number of para-hydroxylation sites is 4. The number of furan rings is 1. The third kappa shape index (κ3) is 4.91. The number of hydrogen-bond donors (Lipinski definition) is 0. The van der Waals surface area contributed by atoms with E-state index in [2.05, 4.69) is 115 Å². The predicted octanol–water partition coefficient (Wildman–Crippen LogP) is 11.7. The van der Waals surface area contributed by atoms with Gasteiger partial charge in [-0.25, -0.2) is 0 Å². The summed E-state index contributed by atoms with van der Waals surface area (Å²) in [7, 11) is 0. The lowest BCUT2D eigenvalue weighted by atomic mass is 10.0. The van der Waals surface area contributed by atoms with Crippen LogP contribution in [0.25, 0.3) is 44.4 Å². The summed E-state index contributed by atoms with van der Waals surface area (Å²) in [6.45, 7) is 4.18. The molecule has 3 heteroatoms. The fourth-order valence-corrected chi connectivity index (χ4v) is 6.03. The molecule has 3 nitrogen and oxygen atoms in total. The Labute approximate surface area is 262 Å². The molecule has 0 bridgehead atoms. The lowest BCUT2D eigenvalue weighted by Gasteiger charge is -2.26. The van der Waals surface area contributed by atoms with Crippen molar-refractivity contribution in [1.82, 2.24) is 0 Å². The standard InChI is InChI=1S/C42H29NO2/c1-29-11-9-20-39(44-40-18-7-5-14-35(29)40)31-23-27-34(28-24-31)43(32-12-3-2-4-13-32)33-25-21-30(22-26-33)36-16-10-17-38-37-15-6-8-19-41(37)45-42(36)38/h2-28H,1H2/b11-9-,39-20-. The highest BCUT2D eigenvalue weighted by atomic mass is 16.5. The molecule has 1 aromatic heterocycles. The van der Waals surface area contributed by atoms with E-state index in [-0.39, 0.29) is 0 Å². The summed E-state index contributed by atoms with van der Waals surface area (Å²) >= 11 is 0. The van der Waals surface area contributed by atoms with E-state index in [4.69, 9.17) is 9.15 Å². The van der Waals surface area contributed by atoms with Crippen LogP contribution in [0.4, 0.5) is 17.1 Å². The minimum atomic E-state index is 0.785. The van der Waals surface area contributed by atoms with Crippen molar-refractivity contribution in [3.63, 3.8) is 0 Å². The van der Waals surface area contributed by atoms with Crippen LogP contribution in [0.3, 0.4) is 0 Å². The highest BCUT2D eigenvalue weighted by Gasteiger charge is 2.16. The number of anilines is 3. The van der Waals surface area contributed by atoms with Crippen molar-refractivity contribution < 1.29 is 9.15 Å². The molecule has 1 aliphatic rings. The second kappa shape index (κ2) is 11.2. The van der Waals surface area contributed by atoms with Gasteiger partial charge in [0.25, 0.3) is 0 Å². The van der Waals surface area contributed by atoms with Gasteiger partial charge in [0, 0.05) is 44.5 Å². The maximum absolute atomic E-state index is 6.40. The molecule has 8 rings (SSSR count). The van der Waals surface area contributed by atoms with Gasteiger partial charge in [0.2, 0.25) is 0 Å². The maximum atomic E-state index is 6.40. The molecule has 6 aromatic carbocycles. The van der Waals surface area contributed by atoms with Crippen molar-refractivity contribution in [1.29, 1.82) is 0 Å². The molecular weight excluding hydrogens is 550 g/mol. The molecule has 0 atom stereocenters. The molecule has 0 amide bonds. The zero-order chi connectivity index (χ0) is 30.2. The predicted molar refractivity (Wildman–Crippen MR) is 187 cm³/mol. The van der Waals surface area contributed by atoms with E-state index in [0.717, 1.165) is 78.3 Å². The fourth-order valence-electron chi connectivity index (χ4n) is 6.03. The Bertz CT molecular complexity index is 2240. The third-order valence-electron chi connectivity index (χ3n) is 8.26. The second-order valence-corrected chi connectivity index (χ2v) is 11.1. The van der Waals surface area contributed by atoms with Gasteiger partial charge < -0.3 is 14.1 Å². The average molecular weight is 580 g/mol. The van der Waals surface area contributed by atoms with Crippen molar-refractivity contribution in [3.8, 4) is 16.9 Å². The smallest absolute Gasteiger partial charge is 0.143 e. The largest absolute Gasteiger partial charge is 0.456 e. The maximum Gasteiger partial charge on any atom is 0.143 e. The first kappa shape index (κ1) is 26.6. The summed E-state index contributed by atoms with van der Waals surface area (Å²) in [5.41, 5.74) is 10.1. The van der Waals surface area contributed by atoms with E-state index in [9.17, 15) is 0 Å². The first-order valence-electron chi connectivity index (χ1n) is 15.0. The summed E-state index contributed by atoms with van der Waals surface area (Å²) in [4.78, 5) is 2.27. The van der Waals surface area contributed by atoms with Gasteiger partial charge in [0.05, 0.1) is 0 Å². The lowest BCUT2D eigenvalue weighted by Crippen LogP contribution is -2.10. The van der Waals surface area contributed by atoms with Crippen molar-refractivity contribution in [3.05, 3.63) is 182 Å². The number of allylic oxidation sites excluding steroid dienone is 4. The number of ether oxygens (including phenoxy) is 1. The van der Waals surface area contributed by atoms with Crippen LogP contribution >= 0.6 is 0 Å². The van der Waals surface area contributed by atoms with Gasteiger partial charge in [-0.05, 0) is 77.9 Å². The summed E-state index contributed by atoms with van der Waals surface area (Å²) in [5, 5.41) is 2.27. The van der Waals surface area contributed by atoms with Gasteiger partial charge in [-0.15, -0.1) is 0 Å². The first-order chi connectivity index (χ1) is 22.2. The number of hydrogen-bond acceptors (Lipinski definition) is 3. The van der Waals surface area contributed by atoms with Crippen LogP contribution in [0.2, 0.25) is 0 Å². The van der Waals surface area contributed by atoms with Crippen molar-refractivity contribution in [2.75, 3.05) is 4.90 Å². The van der Waals surface area contributed by atoms with Gasteiger partial charge in [-0.3, -0.25) is 0 Å². The van der Waals surface area contributed by atoms with Crippen LogP contribution in [0.15, 0.2) is 175 Å². The molecule has 0 unspecified atom stereocenters. The van der Waals surface area contributed by atoms with Crippen LogP contribution in [-0.2, 0) is 0 Å². The molecule has 0 spiro atoms. The Kier molecular flexibility index (Phi) is 6.62. The van der Waals surface area contributed by atoms with Gasteiger partial charge in [-0.2, -0.15) is 0 Å². The molecule has 1 aliphatic heterocycles. The Balaban J connectivity index is 1.15. The van der Waals surface area contributed by atoms with Crippen LogP contribution in [-0.4, -0.2) is 0 Å². The second-order valence-electron chi connectivity index (χ2n) is 11.1. The van der Waals surface area contributed by atoms with E-state index in [1.807, 2.05) is 60.7 Å². The Hall–Kier alpha value is -6.06. The topological polar surface area (TPSA) is 25.6 Å². The van der Waals surface area contributed by atoms with Gasteiger partial charge in [-0.1, -0.05) is 104 Å². The molecule has 0 radical (unpaired) electrons. The SMILES string of the molecule is C=C1/C=C\C=C(\c2ccc(N(c3ccccc3)c3ccc(-c4cccc5c4oc4ccccc45)cc3)cc2)Oc2ccccc21. The molecule has 0 saturated carbocycles. The summed E-state index contributed by atoms with van der Waals surface area (Å²) in [5.74, 6) is 1.58. The molecule has 0 saturated heterocycles. The van der Waals surface area contributed by atoms with Gasteiger partial charge in [0.15, 0.2) is 0 Å². The normalized spacial score (nSPS) is 14.6. The summed E-state index contributed by atoms with van der Waals surface area (Å²) in [6.07, 6.45) is 6.00. The molecule has 0 fully saturated rings. The molecule has 0 aliphatic carbocycles. The highest BCUT2D eigenvalue weighted by molar-refractivity contribution is 6.09. The molecule has 2 heterocycles. The van der Waals surface area contributed by atoms with Crippen molar-refractivity contribution >= 4 is 50.3 Å². The van der Waals surface area contributed by atoms with E-state index in [1.54, 1.807) is 0 Å². The van der Waals surface area contributed by atoms with E-state index >= 15 is 0 Å². The number of benzene rings is 6. The van der Waals surface area contributed by atoms with Crippen molar-refractivity contribution in [2.45, 2.75) is 0 Å². The molecule has 7 aromatic rings. The van der Waals surface area contributed by atoms with E-state index < -0.39 is 0 Å². The van der Waals surface area contributed by atoms with Gasteiger partial charge in [0.1, 0.15) is 22.7 Å². The minimum Gasteiger partial charge on any atom is -0.456 e. The number of rotatable bonds is 5. The molecular formula is C42H29NO2. The first-order valence-corrected chi connectivity index (χ1v) is 15.0. The van der Waals surface area contributed by atoms with E-state index in [0.29, 0.717) is 0 Å². The molecule has 45 heavy (non-hydrogen) atoms. The van der Waals surface area contributed by atoms with Crippen LogP contribution in [0, 0.1) is 0 Å².